The minimum Gasteiger partial charge on any atom is -0.497 e. The Hall–Kier alpha value is -2.17. The molecule has 18 heavy (non-hydrogen) atoms. The molecule has 96 valence electrons. The van der Waals surface area contributed by atoms with Crippen LogP contribution in [0, 0.1) is 0 Å². The molecule has 0 unspecified atom stereocenters. The van der Waals surface area contributed by atoms with Crippen LogP contribution in [0.4, 0.5) is 5.69 Å². The van der Waals surface area contributed by atoms with Gasteiger partial charge in [0.05, 0.1) is 24.9 Å². The molecule has 1 aromatic carbocycles. The lowest BCUT2D eigenvalue weighted by Gasteiger charge is -2.04. The molecule has 0 saturated carbocycles. The molecule has 2 aromatic rings. The predicted octanol–water partition coefficient (Wildman–Crippen LogP) is 1.95. The second-order valence-electron chi connectivity index (χ2n) is 3.92. The van der Waals surface area contributed by atoms with Crippen molar-refractivity contribution in [2.24, 2.45) is 7.05 Å². The smallest absolute Gasteiger partial charge is 0.357 e. The van der Waals surface area contributed by atoms with Crippen LogP contribution < -0.4 is 10.5 Å². The van der Waals surface area contributed by atoms with Crippen molar-refractivity contribution in [1.82, 2.24) is 4.57 Å². The first-order valence-electron chi connectivity index (χ1n) is 5.69. The van der Waals surface area contributed by atoms with Crippen molar-refractivity contribution in [2.75, 3.05) is 19.5 Å². The third-order valence-electron chi connectivity index (χ3n) is 2.91. The van der Waals surface area contributed by atoms with E-state index in [-0.39, 0.29) is 0 Å². The number of rotatable bonds is 3. The molecule has 2 rings (SSSR count). The van der Waals surface area contributed by atoms with Gasteiger partial charge in [0.1, 0.15) is 5.75 Å². The minimum absolute atomic E-state index is 0.323. The molecule has 5 nitrogen and oxygen atoms in total. The third kappa shape index (κ3) is 1.77. The lowest BCUT2D eigenvalue weighted by Crippen LogP contribution is -2.11. The number of aryl methyl sites for hydroxylation is 1. The highest BCUT2D eigenvalue weighted by molar-refractivity contribution is 6.06. The fraction of sp³-hybridized carbons (Fsp3) is 0.308. The molecule has 1 heterocycles. The van der Waals surface area contributed by atoms with Crippen molar-refractivity contribution < 1.29 is 14.3 Å². The summed E-state index contributed by atoms with van der Waals surface area (Å²) in [7, 11) is 3.38. The summed E-state index contributed by atoms with van der Waals surface area (Å²) in [6.45, 7) is 2.09. The number of anilines is 1. The zero-order valence-corrected chi connectivity index (χ0v) is 10.7. The van der Waals surface area contributed by atoms with Crippen molar-refractivity contribution in [1.29, 1.82) is 0 Å². The molecular formula is C13H16N2O3. The quantitative estimate of drug-likeness (QED) is 0.843. The molecule has 1 aromatic heterocycles. The molecular weight excluding hydrogens is 232 g/mol. The standard InChI is InChI=1S/C13H16N2O3/c1-4-18-13(16)12-11(14)9-7-8(17-3)5-6-10(9)15(12)2/h5-7H,4,14H2,1-3H3. The van der Waals surface area contributed by atoms with E-state index < -0.39 is 5.97 Å². The molecule has 5 heteroatoms. The number of nitrogens with zero attached hydrogens (tertiary/aromatic N) is 1. The van der Waals surface area contributed by atoms with Gasteiger partial charge in [0.2, 0.25) is 0 Å². The van der Waals surface area contributed by atoms with Crippen molar-refractivity contribution in [3.05, 3.63) is 23.9 Å². The van der Waals surface area contributed by atoms with Gasteiger partial charge in [-0.25, -0.2) is 4.79 Å². The number of esters is 1. The molecule has 0 aliphatic carbocycles. The van der Waals surface area contributed by atoms with Crippen LogP contribution in [0.5, 0.6) is 5.75 Å². The van der Waals surface area contributed by atoms with Gasteiger partial charge in [0.25, 0.3) is 0 Å². The highest BCUT2D eigenvalue weighted by atomic mass is 16.5. The normalized spacial score (nSPS) is 10.6. The maximum atomic E-state index is 11.9. The average Bonchev–Trinajstić information content (AvgIpc) is 2.62. The van der Waals surface area contributed by atoms with E-state index in [2.05, 4.69) is 0 Å². The number of ether oxygens (including phenoxy) is 2. The summed E-state index contributed by atoms with van der Waals surface area (Å²) >= 11 is 0. The lowest BCUT2D eigenvalue weighted by atomic mass is 10.2. The number of fused-ring (bicyclic) bond motifs is 1. The van der Waals surface area contributed by atoms with Gasteiger partial charge in [0.15, 0.2) is 5.69 Å². The summed E-state index contributed by atoms with van der Waals surface area (Å²) in [6.07, 6.45) is 0. The topological polar surface area (TPSA) is 66.5 Å². The molecule has 0 fully saturated rings. The Kier molecular flexibility index (Phi) is 3.14. The maximum Gasteiger partial charge on any atom is 0.357 e. The molecule has 0 spiro atoms. The Morgan fingerprint density at radius 2 is 2.17 bits per heavy atom. The summed E-state index contributed by atoms with van der Waals surface area (Å²) in [5, 5.41) is 0.792. The van der Waals surface area contributed by atoms with Gasteiger partial charge >= 0.3 is 5.97 Å². The molecule has 0 saturated heterocycles. The number of aromatic nitrogens is 1. The Balaban J connectivity index is 2.65. The zero-order valence-electron chi connectivity index (χ0n) is 10.7. The lowest BCUT2D eigenvalue weighted by molar-refractivity contribution is 0.0517. The first-order valence-corrected chi connectivity index (χ1v) is 5.69. The summed E-state index contributed by atoms with van der Waals surface area (Å²) < 4.78 is 11.9. The van der Waals surface area contributed by atoms with E-state index in [0.717, 1.165) is 10.9 Å². The molecule has 0 bridgehead atoms. The number of carbonyl (C=O) groups excluding carboxylic acids is 1. The van der Waals surface area contributed by atoms with E-state index in [0.29, 0.717) is 23.7 Å². The summed E-state index contributed by atoms with van der Waals surface area (Å²) in [4.78, 5) is 11.9. The van der Waals surface area contributed by atoms with E-state index in [4.69, 9.17) is 15.2 Å². The van der Waals surface area contributed by atoms with E-state index in [1.807, 2.05) is 18.2 Å². The van der Waals surface area contributed by atoms with Crippen LogP contribution in [0.25, 0.3) is 10.9 Å². The monoisotopic (exact) mass is 248 g/mol. The van der Waals surface area contributed by atoms with Gasteiger partial charge in [-0.15, -0.1) is 0 Å². The van der Waals surface area contributed by atoms with Crippen LogP contribution in [0.1, 0.15) is 17.4 Å². The van der Waals surface area contributed by atoms with Crippen LogP contribution in [0.2, 0.25) is 0 Å². The zero-order chi connectivity index (χ0) is 13.3. The Morgan fingerprint density at radius 1 is 1.44 bits per heavy atom. The highest BCUT2D eigenvalue weighted by Crippen LogP contribution is 2.31. The average molecular weight is 248 g/mol. The second kappa shape index (κ2) is 4.60. The molecule has 0 radical (unpaired) electrons. The van der Waals surface area contributed by atoms with E-state index in [1.165, 1.54) is 0 Å². The van der Waals surface area contributed by atoms with Crippen molar-refractivity contribution >= 4 is 22.6 Å². The van der Waals surface area contributed by atoms with Gasteiger partial charge in [0, 0.05) is 12.4 Å². The van der Waals surface area contributed by atoms with E-state index >= 15 is 0 Å². The Morgan fingerprint density at radius 3 is 2.78 bits per heavy atom. The third-order valence-corrected chi connectivity index (χ3v) is 2.91. The van der Waals surface area contributed by atoms with Gasteiger partial charge in [-0.2, -0.15) is 0 Å². The number of nitrogens with two attached hydrogens (primary N) is 1. The van der Waals surface area contributed by atoms with Crippen LogP contribution in [0.15, 0.2) is 18.2 Å². The van der Waals surface area contributed by atoms with Crippen molar-refractivity contribution in [3.8, 4) is 5.75 Å². The van der Waals surface area contributed by atoms with E-state index in [9.17, 15) is 4.79 Å². The molecule has 0 aliphatic rings. The van der Waals surface area contributed by atoms with Crippen LogP contribution >= 0.6 is 0 Å². The molecule has 0 aliphatic heterocycles. The largest absolute Gasteiger partial charge is 0.497 e. The van der Waals surface area contributed by atoms with Crippen molar-refractivity contribution in [3.63, 3.8) is 0 Å². The number of nitrogen functional groups attached to an aromatic ring is 1. The van der Waals surface area contributed by atoms with Gasteiger partial charge in [-0.3, -0.25) is 0 Å². The molecule has 2 N–H and O–H groups in total. The fourth-order valence-corrected chi connectivity index (χ4v) is 2.03. The number of benzene rings is 1. The summed E-state index contributed by atoms with van der Waals surface area (Å²) in [5.74, 6) is 0.294. The Bertz CT molecular complexity index is 602. The van der Waals surface area contributed by atoms with Gasteiger partial charge in [-0.05, 0) is 25.1 Å². The Labute approximate surface area is 105 Å². The number of hydrogen-bond acceptors (Lipinski definition) is 4. The predicted molar refractivity (Wildman–Crippen MR) is 69.8 cm³/mol. The SMILES string of the molecule is CCOC(=O)c1c(N)c2cc(OC)ccc2n1C. The minimum atomic E-state index is -0.410. The molecule has 0 atom stereocenters. The first kappa shape index (κ1) is 12.3. The van der Waals surface area contributed by atoms with Crippen LogP contribution in [-0.2, 0) is 11.8 Å². The number of hydrogen-bond donors (Lipinski definition) is 1. The number of methoxy groups -OCH3 is 1. The first-order chi connectivity index (χ1) is 8.60. The van der Waals surface area contributed by atoms with E-state index in [1.54, 1.807) is 25.6 Å². The number of carbonyl (C=O) groups is 1. The van der Waals surface area contributed by atoms with Crippen LogP contribution in [-0.4, -0.2) is 24.3 Å². The fourth-order valence-electron chi connectivity index (χ4n) is 2.03. The van der Waals surface area contributed by atoms with Gasteiger partial charge in [-0.1, -0.05) is 0 Å². The maximum absolute atomic E-state index is 11.9. The highest BCUT2D eigenvalue weighted by Gasteiger charge is 2.20. The summed E-state index contributed by atoms with van der Waals surface area (Å²) in [6, 6.07) is 5.51. The molecule has 0 amide bonds. The van der Waals surface area contributed by atoms with Crippen molar-refractivity contribution in [2.45, 2.75) is 6.92 Å². The second-order valence-corrected chi connectivity index (χ2v) is 3.92. The van der Waals surface area contributed by atoms with Gasteiger partial charge < -0.3 is 19.8 Å². The van der Waals surface area contributed by atoms with Crippen LogP contribution in [0.3, 0.4) is 0 Å². The summed E-state index contributed by atoms with van der Waals surface area (Å²) in [5.41, 5.74) is 7.69.